The lowest BCUT2D eigenvalue weighted by Crippen LogP contribution is -2.50. The Morgan fingerprint density at radius 2 is 1.83 bits per heavy atom. The number of amides is 3. The van der Waals surface area contributed by atoms with E-state index in [2.05, 4.69) is 22.8 Å². The first-order valence-electron chi connectivity index (χ1n) is 10.9. The van der Waals surface area contributed by atoms with Gasteiger partial charge in [0.2, 0.25) is 17.7 Å². The van der Waals surface area contributed by atoms with Crippen molar-refractivity contribution in [2.75, 3.05) is 13.1 Å². The molecule has 2 fully saturated rings. The van der Waals surface area contributed by atoms with Gasteiger partial charge in [0.05, 0.1) is 5.41 Å². The van der Waals surface area contributed by atoms with E-state index in [1.807, 2.05) is 30.0 Å². The van der Waals surface area contributed by atoms with E-state index in [-0.39, 0.29) is 29.8 Å². The SMILES string of the molecule is CC[C@]1(C(=O)NCCNC(C)=O)C[C@H]2CC[C@@H]1N2C(=O)CCCc1ccccc1. The van der Waals surface area contributed by atoms with E-state index in [0.717, 1.165) is 38.5 Å². The number of rotatable bonds is 9. The summed E-state index contributed by atoms with van der Waals surface area (Å²) in [7, 11) is 0. The molecule has 0 unspecified atom stereocenters. The Morgan fingerprint density at radius 1 is 1.10 bits per heavy atom. The largest absolute Gasteiger partial charge is 0.355 e. The molecule has 0 radical (unpaired) electrons. The zero-order valence-corrected chi connectivity index (χ0v) is 17.6. The van der Waals surface area contributed by atoms with Crippen LogP contribution in [0.3, 0.4) is 0 Å². The number of hydrogen-bond donors (Lipinski definition) is 2. The van der Waals surface area contributed by atoms with E-state index in [4.69, 9.17) is 0 Å². The second-order valence-corrected chi connectivity index (χ2v) is 8.34. The lowest BCUT2D eigenvalue weighted by atomic mass is 9.71. The lowest BCUT2D eigenvalue weighted by Gasteiger charge is -2.35. The summed E-state index contributed by atoms with van der Waals surface area (Å²) >= 11 is 0. The van der Waals surface area contributed by atoms with Gasteiger partial charge in [-0.3, -0.25) is 14.4 Å². The summed E-state index contributed by atoms with van der Waals surface area (Å²) < 4.78 is 0. The fourth-order valence-electron chi connectivity index (χ4n) is 5.15. The highest BCUT2D eigenvalue weighted by Crippen LogP contribution is 2.52. The number of nitrogens with zero attached hydrogens (tertiary/aromatic N) is 1. The van der Waals surface area contributed by atoms with Gasteiger partial charge >= 0.3 is 0 Å². The van der Waals surface area contributed by atoms with Gasteiger partial charge in [-0.15, -0.1) is 0 Å². The maximum absolute atomic E-state index is 13.0. The van der Waals surface area contributed by atoms with Gasteiger partial charge in [0, 0.05) is 38.5 Å². The van der Waals surface area contributed by atoms with Crippen molar-refractivity contribution in [2.45, 2.75) is 70.9 Å². The molecule has 6 nitrogen and oxygen atoms in total. The van der Waals surface area contributed by atoms with Crippen molar-refractivity contribution in [1.82, 2.24) is 15.5 Å². The van der Waals surface area contributed by atoms with Crippen LogP contribution in [0, 0.1) is 5.41 Å². The Kier molecular flexibility index (Phi) is 6.93. The van der Waals surface area contributed by atoms with Crippen LogP contribution in [-0.4, -0.2) is 47.8 Å². The van der Waals surface area contributed by atoms with E-state index in [9.17, 15) is 14.4 Å². The monoisotopic (exact) mass is 399 g/mol. The zero-order chi connectivity index (χ0) is 20.9. The minimum Gasteiger partial charge on any atom is -0.355 e. The van der Waals surface area contributed by atoms with Gasteiger partial charge in [-0.2, -0.15) is 0 Å². The summed E-state index contributed by atoms with van der Waals surface area (Å²) in [6.45, 7) is 4.36. The highest BCUT2D eigenvalue weighted by Gasteiger charge is 2.59. The number of fused-ring (bicyclic) bond motifs is 2. The lowest BCUT2D eigenvalue weighted by molar-refractivity contribution is -0.137. The fourth-order valence-corrected chi connectivity index (χ4v) is 5.15. The van der Waals surface area contributed by atoms with Gasteiger partial charge < -0.3 is 15.5 Å². The third-order valence-corrected chi connectivity index (χ3v) is 6.59. The number of hydrogen-bond acceptors (Lipinski definition) is 3. The summed E-state index contributed by atoms with van der Waals surface area (Å²) in [4.78, 5) is 39.1. The number of benzene rings is 1. The van der Waals surface area contributed by atoms with E-state index in [1.54, 1.807) is 0 Å². The summed E-state index contributed by atoms with van der Waals surface area (Å²) in [5.41, 5.74) is 0.764. The minimum atomic E-state index is -0.492. The molecule has 2 N–H and O–H groups in total. The highest BCUT2D eigenvalue weighted by molar-refractivity contribution is 5.87. The highest BCUT2D eigenvalue weighted by atomic mass is 16.2. The van der Waals surface area contributed by atoms with Crippen LogP contribution in [0.1, 0.15) is 57.9 Å². The molecule has 2 aliphatic heterocycles. The Morgan fingerprint density at radius 3 is 2.52 bits per heavy atom. The maximum Gasteiger partial charge on any atom is 0.228 e. The molecular weight excluding hydrogens is 366 g/mol. The number of carbonyl (C=O) groups is 3. The average Bonchev–Trinajstić information content (AvgIpc) is 3.28. The Hall–Kier alpha value is -2.37. The second-order valence-electron chi connectivity index (χ2n) is 8.34. The van der Waals surface area contributed by atoms with Gasteiger partial charge in [0.1, 0.15) is 0 Å². The van der Waals surface area contributed by atoms with Gasteiger partial charge in [-0.25, -0.2) is 0 Å². The van der Waals surface area contributed by atoms with E-state index >= 15 is 0 Å². The van der Waals surface area contributed by atoms with Crippen molar-refractivity contribution >= 4 is 17.7 Å². The molecule has 2 bridgehead atoms. The molecule has 0 spiro atoms. The predicted molar refractivity (Wildman–Crippen MR) is 112 cm³/mol. The van der Waals surface area contributed by atoms with E-state index in [1.165, 1.54) is 12.5 Å². The first-order valence-corrected chi connectivity index (χ1v) is 10.9. The molecule has 2 saturated heterocycles. The second kappa shape index (κ2) is 9.42. The van der Waals surface area contributed by atoms with Crippen molar-refractivity contribution in [2.24, 2.45) is 5.41 Å². The van der Waals surface area contributed by atoms with Crippen molar-refractivity contribution in [3.63, 3.8) is 0 Å². The predicted octanol–water partition coefficient (Wildman–Crippen LogP) is 2.42. The number of carbonyl (C=O) groups excluding carboxylic acids is 3. The number of aryl methyl sites for hydroxylation is 1. The van der Waals surface area contributed by atoms with Crippen LogP contribution in [0.5, 0.6) is 0 Å². The van der Waals surface area contributed by atoms with Gasteiger partial charge in [-0.1, -0.05) is 37.3 Å². The van der Waals surface area contributed by atoms with E-state index < -0.39 is 5.41 Å². The topological polar surface area (TPSA) is 78.5 Å². The van der Waals surface area contributed by atoms with Gasteiger partial charge in [0.25, 0.3) is 0 Å². The van der Waals surface area contributed by atoms with Crippen molar-refractivity contribution in [1.29, 1.82) is 0 Å². The zero-order valence-electron chi connectivity index (χ0n) is 17.6. The molecule has 2 heterocycles. The van der Waals surface area contributed by atoms with Crippen LogP contribution in [-0.2, 0) is 20.8 Å². The Balaban J connectivity index is 1.56. The fraction of sp³-hybridized carbons (Fsp3) is 0.609. The average molecular weight is 400 g/mol. The molecule has 3 rings (SSSR count). The summed E-state index contributed by atoms with van der Waals surface area (Å²) in [6.07, 6.45) is 5.65. The smallest absolute Gasteiger partial charge is 0.228 e. The third-order valence-electron chi connectivity index (χ3n) is 6.59. The molecule has 0 aliphatic carbocycles. The van der Waals surface area contributed by atoms with Crippen molar-refractivity contribution < 1.29 is 14.4 Å². The molecule has 1 aromatic carbocycles. The Bertz CT molecular complexity index is 736. The molecule has 29 heavy (non-hydrogen) atoms. The summed E-state index contributed by atoms with van der Waals surface area (Å²) in [5, 5.41) is 5.69. The normalized spacial score (nSPS) is 25.1. The number of nitrogens with one attached hydrogen (secondary N) is 2. The molecule has 6 heteroatoms. The first kappa shape index (κ1) is 21.3. The van der Waals surface area contributed by atoms with E-state index in [0.29, 0.717) is 19.5 Å². The first-order chi connectivity index (χ1) is 14.0. The van der Waals surface area contributed by atoms with Crippen LogP contribution >= 0.6 is 0 Å². The van der Waals surface area contributed by atoms with Gasteiger partial charge in [-0.05, 0) is 44.1 Å². The third kappa shape index (κ3) is 4.62. The standard InChI is InChI=1S/C23H33N3O3/c1-3-23(22(29)25-15-14-24-17(2)27)16-19-12-13-20(23)26(19)21(28)11-7-10-18-8-5-4-6-9-18/h4-6,8-9,19-20H,3,7,10-16H2,1-2H3,(H,24,27)(H,25,29)/t19-,20+,23+/m1/s1. The van der Waals surface area contributed by atoms with Crippen LogP contribution in [0.25, 0.3) is 0 Å². The molecular formula is C23H33N3O3. The minimum absolute atomic E-state index is 0.00231. The molecule has 3 atom stereocenters. The van der Waals surface area contributed by atoms with Crippen LogP contribution in [0.4, 0.5) is 0 Å². The molecule has 2 aliphatic rings. The van der Waals surface area contributed by atoms with Gasteiger partial charge in [0.15, 0.2) is 0 Å². The molecule has 3 amide bonds. The van der Waals surface area contributed by atoms with Crippen molar-refractivity contribution in [3.8, 4) is 0 Å². The van der Waals surface area contributed by atoms with Crippen LogP contribution in [0.2, 0.25) is 0 Å². The Labute approximate surface area is 173 Å². The summed E-state index contributed by atoms with van der Waals surface area (Å²) in [5.74, 6) is 0.117. The van der Waals surface area contributed by atoms with Crippen molar-refractivity contribution in [3.05, 3.63) is 35.9 Å². The van der Waals surface area contributed by atoms with Crippen LogP contribution in [0.15, 0.2) is 30.3 Å². The summed E-state index contributed by atoms with van der Waals surface area (Å²) in [6, 6.07) is 10.4. The quantitative estimate of drug-likeness (QED) is 0.626. The van der Waals surface area contributed by atoms with Crippen LogP contribution < -0.4 is 10.6 Å². The molecule has 1 aromatic rings. The molecule has 0 saturated carbocycles. The maximum atomic E-state index is 13.0. The molecule has 0 aromatic heterocycles. The molecule has 158 valence electrons.